The highest BCUT2D eigenvalue weighted by Gasteiger charge is 2.21. The minimum Gasteiger partial charge on any atom is -0.464 e. The lowest BCUT2D eigenvalue weighted by molar-refractivity contribution is -0.148. The van der Waals surface area contributed by atoms with Gasteiger partial charge in [-0.2, -0.15) is 0 Å². The number of nitrogens with one attached hydrogen (secondary N) is 1. The maximum absolute atomic E-state index is 12.3. The van der Waals surface area contributed by atoms with Gasteiger partial charge in [0.15, 0.2) is 0 Å². The van der Waals surface area contributed by atoms with Crippen LogP contribution in [0.15, 0.2) is 0 Å². The quantitative estimate of drug-likeness (QED) is 0.234. The normalized spacial score (nSPS) is 12.2. The molecule has 0 aromatic carbocycles. The third-order valence-electron chi connectivity index (χ3n) is 5.01. The van der Waals surface area contributed by atoms with Gasteiger partial charge in [0.05, 0.1) is 6.61 Å². The Kier molecular flexibility index (Phi) is 18.5. The van der Waals surface area contributed by atoms with Crippen molar-refractivity contribution in [2.24, 2.45) is 11.7 Å². The van der Waals surface area contributed by atoms with Gasteiger partial charge in [0, 0.05) is 6.42 Å². The van der Waals surface area contributed by atoms with Gasteiger partial charge >= 0.3 is 5.97 Å². The van der Waals surface area contributed by atoms with Crippen LogP contribution in [0.1, 0.15) is 111 Å². The summed E-state index contributed by atoms with van der Waals surface area (Å²) in [6, 6.07) is -0.537. The highest BCUT2D eigenvalue weighted by atomic mass is 16.5. The first-order valence-electron chi connectivity index (χ1n) is 11.7. The number of hydrogen-bond acceptors (Lipinski definition) is 4. The van der Waals surface area contributed by atoms with E-state index in [9.17, 15) is 9.59 Å². The molecule has 0 aliphatic carbocycles. The standard InChI is InChI=1S/C23H46N2O3/c1-4-5-6-7-8-9-10-11-12-16-22(26)25-21(15-13-14-18-24)23(27)28-19-17-20(2)3/h20-21H,4-19,24H2,1-3H3,(H,25,26)/t21-/m0/s1. The zero-order valence-electron chi connectivity index (χ0n) is 18.8. The lowest BCUT2D eigenvalue weighted by Gasteiger charge is -2.18. The summed E-state index contributed by atoms with van der Waals surface area (Å²) in [4.78, 5) is 24.5. The topological polar surface area (TPSA) is 81.4 Å². The van der Waals surface area contributed by atoms with Crippen molar-refractivity contribution in [2.45, 2.75) is 117 Å². The Bertz CT molecular complexity index is 386. The van der Waals surface area contributed by atoms with Crippen LogP contribution in [0.3, 0.4) is 0 Å². The van der Waals surface area contributed by atoms with Gasteiger partial charge in [-0.15, -0.1) is 0 Å². The summed E-state index contributed by atoms with van der Waals surface area (Å²) in [5, 5.41) is 2.88. The summed E-state index contributed by atoms with van der Waals surface area (Å²) in [7, 11) is 0. The Morgan fingerprint density at radius 1 is 0.857 bits per heavy atom. The van der Waals surface area contributed by atoms with Gasteiger partial charge < -0.3 is 15.8 Å². The van der Waals surface area contributed by atoms with E-state index in [1.165, 1.54) is 44.9 Å². The molecule has 0 saturated heterocycles. The molecule has 166 valence electrons. The van der Waals surface area contributed by atoms with Crippen molar-refractivity contribution < 1.29 is 14.3 Å². The van der Waals surface area contributed by atoms with Crippen molar-refractivity contribution in [1.29, 1.82) is 0 Å². The van der Waals surface area contributed by atoms with E-state index in [2.05, 4.69) is 26.1 Å². The van der Waals surface area contributed by atoms with E-state index in [0.717, 1.165) is 32.1 Å². The van der Waals surface area contributed by atoms with E-state index in [-0.39, 0.29) is 11.9 Å². The maximum Gasteiger partial charge on any atom is 0.328 e. The van der Waals surface area contributed by atoms with Crippen LogP contribution in [-0.4, -0.2) is 31.1 Å². The Morgan fingerprint density at radius 2 is 1.46 bits per heavy atom. The first-order valence-corrected chi connectivity index (χ1v) is 11.7. The van der Waals surface area contributed by atoms with Gasteiger partial charge in [-0.25, -0.2) is 4.79 Å². The van der Waals surface area contributed by atoms with Crippen molar-refractivity contribution in [3.8, 4) is 0 Å². The average molecular weight is 399 g/mol. The largest absolute Gasteiger partial charge is 0.464 e. The second kappa shape index (κ2) is 19.2. The molecule has 0 bridgehead atoms. The third-order valence-corrected chi connectivity index (χ3v) is 5.01. The molecule has 0 spiro atoms. The van der Waals surface area contributed by atoms with E-state index in [0.29, 0.717) is 31.9 Å². The summed E-state index contributed by atoms with van der Waals surface area (Å²) in [6.45, 7) is 7.44. The lowest BCUT2D eigenvalue weighted by atomic mass is 10.1. The second-order valence-electron chi connectivity index (χ2n) is 8.33. The van der Waals surface area contributed by atoms with E-state index in [4.69, 9.17) is 10.5 Å². The molecule has 0 aliphatic rings. The first-order chi connectivity index (χ1) is 13.5. The van der Waals surface area contributed by atoms with Gasteiger partial charge in [0.25, 0.3) is 0 Å². The first kappa shape index (κ1) is 26.9. The Hall–Kier alpha value is -1.10. The van der Waals surface area contributed by atoms with E-state index in [1.807, 2.05) is 0 Å². The van der Waals surface area contributed by atoms with E-state index >= 15 is 0 Å². The number of carbonyl (C=O) groups excluding carboxylic acids is 2. The highest BCUT2D eigenvalue weighted by Crippen LogP contribution is 2.11. The molecular weight excluding hydrogens is 352 g/mol. The zero-order chi connectivity index (χ0) is 21.0. The molecule has 5 heteroatoms. The fraction of sp³-hybridized carbons (Fsp3) is 0.913. The van der Waals surface area contributed by atoms with Crippen LogP contribution in [-0.2, 0) is 14.3 Å². The number of nitrogens with two attached hydrogens (primary N) is 1. The fourth-order valence-electron chi connectivity index (χ4n) is 3.10. The second-order valence-corrected chi connectivity index (χ2v) is 8.33. The number of unbranched alkanes of at least 4 members (excludes halogenated alkanes) is 9. The number of hydrogen-bond donors (Lipinski definition) is 2. The predicted octanol–water partition coefficient (Wildman–Crippen LogP) is 5.11. The molecule has 0 aromatic rings. The van der Waals surface area contributed by atoms with Gasteiger partial charge in [0.1, 0.15) is 6.04 Å². The van der Waals surface area contributed by atoms with Crippen molar-refractivity contribution in [3.05, 3.63) is 0 Å². The van der Waals surface area contributed by atoms with Crippen molar-refractivity contribution >= 4 is 11.9 Å². The molecule has 3 N–H and O–H groups in total. The number of amides is 1. The van der Waals surface area contributed by atoms with Crippen LogP contribution in [0.25, 0.3) is 0 Å². The maximum atomic E-state index is 12.3. The molecule has 0 radical (unpaired) electrons. The SMILES string of the molecule is CCCCCCCCCCCC(=O)N[C@@H](CCCCN)C(=O)OCCC(C)C. The van der Waals surface area contributed by atoms with Crippen molar-refractivity contribution in [2.75, 3.05) is 13.2 Å². The highest BCUT2D eigenvalue weighted by molar-refractivity contribution is 5.84. The predicted molar refractivity (Wildman–Crippen MR) is 117 cm³/mol. The van der Waals surface area contributed by atoms with E-state index < -0.39 is 6.04 Å². The molecule has 0 rings (SSSR count). The van der Waals surface area contributed by atoms with Crippen LogP contribution >= 0.6 is 0 Å². The van der Waals surface area contributed by atoms with Crippen LogP contribution in [0.2, 0.25) is 0 Å². The summed E-state index contributed by atoms with van der Waals surface area (Å²) in [5.74, 6) is 0.143. The minimum absolute atomic E-state index is 0.0403. The molecule has 5 nitrogen and oxygen atoms in total. The van der Waals surface area contributed by atoms with Crippen LogP contribution in [0.4, 0.5) is 0 Å². The molecular formula is C23H46N2O3. The van der Waals surface area contributed by atoms with Crippen LogP contribution in [0, 0.1) is 5.92 Å². The van der Waals surface area contributed by atoms with Crippen LogP contribution < -0.4 is 11.1 Å². The monoisotopic (exact) mass is 398 g/mol. The lowest BCUT2D eigenvalue weighted by Crippen LogP contribution is -2.42. The molecule has 0 aromatic heterocycles. The number of esters is 1. The minimum atomic E-state index is -0.537. The van der Waals surface area contributed by atoms with Crippen molar-refractivity contribution in [1.82, 2.24) is 5.32 Å². The number of ether oxygens (including phenoxy) is 1. The van der Waals surface area contributed by atoms with Crippen LogP contribution in [0.5, 0.6) is 0 Å². The van der Waals surface area contributed by atoms with Gasteiger partial charge in [0.2, 0.25) is 5.91 Å². The molecule has 0 unspecified atom stereocenters. The summed E-state index contributed by atoms with van der Waals surface area (Å²) < 4.78 is 5.36. The summed E-state index contributed by atoms with van der Waals surface area (Å²) >= 11 is 0. The zero-order valence-corrected chi connectivity index (χ0v) is 18.8. The number of rotatable bonds is 19. The Labute approximate surface area is 173 Å². The molecule has 0 saturated carbocycles. The number of carbonyl (C=O) groups is 2. The van der Waals surface area contributed by atoms with Gasteiger partial charge in [-0.1, -0.05) is 72.1 Å². The average Bonchev–Trinajstić information content (AvgIpc) is 2.65. The van der Waals surface area contributed by atoms with Gasteiger partial charge in [-0.05, 0) is 44.6 Å². The van der Waals surface area contributed by atoms with E-state index in [1.54, 1.807) is 0 Å². The fourth-order valence-corrected chi connectivity index (χ4v) is 3.10. The molecule has 28 heavy (non-hydrogen) atoms. The van der Waals surface area contributed by atoms with Gasteiger partial charge in [-0.3, -0.25) is 4.79 Å². The Morgan fingerprint density at radius 3 is 2.04 bits per heavy atom. The summed E-state index contributed by atoms with van der Waals surface area (Å²) in [5.41, 5.74) is 5.54. The summed E-state index contributed by atoms with van der Waals surface area (Å²) in [6.07, 6.45) is 14.6. The van der Waals surface area contributed by atoms with Crippen molar-refractivity contribution in [3.63, 3.8) is 0 Å². The molecule has 0 fully saturated rings. The Balaban J connectivity index is 4.03. The molecule has 0 aliphatic heterocycles. The molecule has 0 heterocycles. The molecule has 1 amide bonds. The third kappa shape index (κ3) is 17.0. The molecule has 1 atom stereocenters. The smallest absolute Gasteiger partial charge is 0.328 e.